The predicted octanol–water partition coefficient (Wildman–Crippen LogP) is 4.04. The number of hydrogen-bond acceptors (Lipinski definition) is 3. The van der Waals surface area contributed by atoms with Crippen LogP contribution in [0.1, 0.15) is 49.7 Å². The fourth-order valence-corrected chi connectivity index (χ4v) is 4.29. The third-order valence-corrected chi connectivity index (χ3v) is 5.72. The number of aliphatic imine (C=N–C) groups is 1. The summed E-state index contributed by atoms with van der Waals surface area (Å²) >= 11 is 0. The maximum atomic E-state index is 12.7. The summed E-state index contributed by atoms with van der Waals surface area (Å²) in [6.07, 6.45) is 8.04. The molecule has 0 bridgehead atoms. The first-order chi connectivity index (χ1) is 12.7. The Kier molecular flexibility index (Phi) is 4.75. The highest BCUT2D eigenvalue weighted by molar-refractivity contribution is 5.99. The maximum Gasteiger partial charge on any atom is 0.222 e. The van der Waals surface area contributed by atoms with Crippen molar-refractivity contribution in [2.24, 2.45) is 16.8 Å². The van der Waals surface area contributed by atoms with Crippen LogP contribution in [0.4, 0.5) is 0 Å². The topological polar surface area (TPSA) is 45.6 Å². The number of likely N-dealkylation sites (tertiary alicyclic amines) is 1. The van der Waals surface area contributed by atoms with Crippen molar-refractivity contribution in [2.75, 3.05) is 20.1 Å². The van der Waals surface area contributed by atoms with Gasteiger partial charge in [-0.25, -0.2) is 0 Å². The molecule has 2 atom stereocenters. The van der Waals surface area contributed by atoms with Crippen LogP contribution in [0.25, 0.3) is 10.9 Å². The van der Waals surface area contributed by atoms with Crippen molar-refractivity contribution in [3.63, 3.8) is 0 Å². The lowest BCUT2D eigenvalue weighted by Gasteiger charge is -2.37. The summed E-state index contributed by atoms with van der Waals surface area (Å²) in [6.45, 7) is 4.00. The summed E-state index contributed by atoms with van der Waals surface area (Å²) in [5.74, 6) is 1.90. The molecule has 1 aromatic carbocycles. The van der Waals surface area contributed by atoms with E-state index in [1.54, 1.807) is 7.05 Å². The molecule has 1 amide bonds. The van der Waals surface area contributed by atoms with Gasteiger partial charge in [0.1, 0.15) is 0 Å². The van der Waals surface area contributed by atoms with Crippen LogP contribution in [0.15, 0.2) is 35.5 Å². The van der Waals surface area contributed by atoms with E-state index in [0.29, 0.717) is 23.7 Å². The van der Waals surface area contributed by atoms with Gasteiger partial charge >= 0.3 is 0 Å². The molecule has 2 aliphatic rings. The monoisotopic (exact) mass is 349 g/mol. The molecule has 2 unspecified atom stereocenters. The van der Waals surface area contributed by atoms with Crippen molar-refractivity contribution < 1.29 is 4.79 Å². The molecule has 2 heterocycles. The zero-order valence-electron chi connectivity index (χ0n) is 15.7. The first kappa shape index (κ1) is 17.2. The van der Waals surface area contributed by atoms with E-state index in [1.807, 2.05) is 18.5 Å². The van der Waals surface area contributed by atoms with Gasteiger partial charge in [-0.1, -0.05) is 25.1 Å². The van der Waals surface area contributed by atoms with Crippen LogP contribution in [0, 0.1) is 11.8 Å². The zero-order valence-corrected chi connectivity index (χ0v) is 15.7. The van der Waals surface area contributed by atoms with Gasteiger partial charge in [0.25, 0.3) is 0 Å². The van der Waals surface area contributed by atoms with Crippen molar-refractivity contribution in [2.45, 2.75) is 38.5 Å². The van der Waals surface area contributed by atoms with Gasteiger partial charge in [-0.05, 0) is 42.7 Å². The van der Waals surface area contributed by atoms with E-state index < -0.39 is 0 Å². The van der Waals surface area contributed by atoms with E-state index in [4.69, 9.17) is 0 Å². The smallest absolute Gasteiger partial charge is 0.222 e. The van der Waals surface area contributed by atoms with Crippen LogP contribution >= 0.6 is 0 Å². The lowest BCUT2D eigenvalue weighted by Crippen LogP contribution is -2.42. The minimum absolute atomic E-state index is 0.348. The first-order valence-corrected chi connectivity index (χ1v) is 9.73. The van der Waals surface area contributed by atoms with Gasteiger partial charge in [-0.3, -0.25) is 14.8 Å². The minimum Gasteiger partial charge on any atom is -0.342 e. The summed E-state index contributed by atoms with van der Waals surface area (Å²) < 4.78 is 0. The highest BCUT2D eigenvalue weighted by atomic mass is 16.2. The number of piperidine rings is 1. The summed E-state index contributed by atoms with van der Waals surface area (Å²) in [6, 6.07) is 8.49. The second-order valence-electron chi connectivity index (χ2n) is 8.01. The molecule has 2 aromatic rings. The largest absolute Gasteiger partial charge is 0.342 e. The van der Waals surface area contributed by atoms with E-state index in [2.05, 4.69) is 40.0 Å². The van der Waals surface area contributed by atoms with Gasteiger partial charge < -0.3 is 4.90 Å². The number of hydrogen-bond donors (Lipinski definition) is 0. The summed E-state index contributed by atoms with van der Waals surface area (Å²) in [5.41, 5.74) is 3.37. The van der Waals surface area contributed by atoms with Crippen molar-refractivity contribution in [1.29, 1.82) is 0 Å². The molecule has 1 aliphatic carbocycles. The Morgan fingerprint density at radius 1 is 1.31 bits per heavy atom. The zero-order chi connectivity index (χ0) is 18.1. The van der Waals surface area contributed by atoms with Gasteiger partial charge in [-0.15, -0.1) is 0 Å². The highest BCUT2D eigenvalue weighted by Crippen LogP contribution is 2.37. The SMILES string of the molecule is C/N=C\c1ccc(C2CC(C)CN(C(=O)CC3CC3)C2)c2cccnc12. The summed E-state index contributed by atoms with van der Waals surface area (Å²) in [4.78, 5) is 23.5. The standard InChI is InChI=1S/C22H27N3O/c1-15-10-18(14-25(13-15)21(26)11-16-5-6-16)19-8-7-17(12-23-2)22-20(19)4-3-9-24-22/h3-4,7-9,12,15-16,18H,5-6,10-11,13-14H2,1-2H3/b23-12-. The number of rotatable bonds is 4. The molecular weight excluding hydrogens is 322 g/mol. The molecule has 136 valence electrons. The normalized spacial score (nSPS) is 23.7. The Hall–Kier alpha value is -2.23. The Morgan fingerprint density at radius 2 is 2.15 bits per heavy atom. The summed E-state index contributed by atoms with van der Waals surface area (Å²) in [7, 11) is 1.79. The van der Waals surface area contributed by atoms with Crippen molar-refractivity contribution in [1.82, 2.24) is 9.88 Å². The average Bonchev–Trinajstić information content (AvgIpc) is 3.45. The predicted molar refractivity (Wildman–Crippen MR) is 106 cm³/mol. The molecule has 26 heavy (non-hydrogen) atoms. The van der Waals surface area contributed by atoms with Gasteiger partial charge in [-0.2, -0.15) is 0 Å². The van der Waals surface area contributed by atoms with Gasteiger partial charge in [0, 0.05) is 55.8 Å². The second kappa shape index (κ2) is 7.18. The number of aromatic nitrogens is 1. The molecule has 4 nitrogen and oxygen atoms in total. The Morgan fingerprint density at radius 3 is 2.92 bits per heavy atom. The Labute approximate surface area is 155 Å². The third kappa shape index (κ3) is 3.50. The number of carbonyl (C=O) groups excluding carboxylic acids is 1. The van der Waals surface area contributed by atoms with Gasteiger partial charge in [0.15, 0.2) is 0 Å². The minimum atomic E-state index is 0.348. The molecule has 4 heteroatoms. The van der Waals surface area contributed by atoms with E-state index >= 15 is 0 Å². The van der Waals surface area contributed by atoms with Gasteiger partial charge in [0.2, 0.25) is 5.91 Å². The van der Waals surface area contributed by atoms with Crippen molar-refractivity contribution in [3.05, 3.63) is 41.6 Å². The number of amides is 1. The van der Waals surface area contributed by atoms with Gasteiger partial charge in [0.05, 0.1) is 5.52 Å². The van der Waals surface area contributed by atoms with Crippen LogP contribution < -0.4 is 0 Å². The highest BCUT2D eigenvalue weighted by Gasteiger charge is 2.32. The molecule has 1 saturated heterocycles. The number of benzene rings is 1. The van der Waals surface area contributed by atoms with E-state index in [0.717, 1.165) is 37.0 Å². The maximum absolute atomic E-state index is 12.7. The third-order valence-electron chi connectivity index (χ3n) is 5.72. The lowest BCUT2D eigenvalue weighted by molar-refractivity contribution is -0.133. The number of carbonyl (C=O) groups is 1. The van der Waals surface area contributed by atoms with Crippen molar-refractivity contribution in [3.8, 4) is 0 Å². The first-order valence-electron chi connectivity index (χ1n) is 9.73. The Bertz CT molecular complexity index is 840. The van der Waals surface area contributed by atoms with E-state index in [9.17, 15) is 4.79 Å². The molecule has 1 aliphatic heterocycles. The molecule has 0 radical (unpaired) electrons. The molecular formula is C22H27N3O. The molecule has 2 fully saturated rings. The van der Waals surface area contributed by atoms with Crippen LogP contribution in [0.3, 0.4) is 0 Å². The van der Waals surface area contributed by atoms with Crippen LogP contribution in [-0.4, -0.2) is 42.1 Å². The molecule has 0 spiro atoms. The molecule has 1 aromatic heterocycles. The fraction of sp³-hybridized carbons (Fsp3) is 0.500. The molecule has 0 N–H and O–H groups in total. The summed E-state index contributed by atoms with van der Waals surface area (Å²) in [5, 5.41) is 1.19. The lowest BCUT2D eigenvalue weighted by atomic mass is 9.83. The van der Waals surface area contributed by atoms with Crippen LogP contribution in [0.2, 0.25) is 0 Å². The van der Waals surface area contributed by atoms with Crippen LogP contribution in [-0.2, 0) is 4.79 Å². The second-order valence-corrected chi connectivity index (χ2v) is 8.01. The molecule has 1 saturated carbocycles. The number of nitrogens with zero attached hydrogens (tertiary/aromatic N) is 3. The average molecular weight is 349 g/mol. The fourth-order valence-electron chi connectivity index (χ4n) is 4.29. The van der Waals surface area contributed by atoms with Crippen LogP contribution in [0.5, 0.6) is 0 Å². The van der Waals surface area contributed by atoms with E-state index in [1.165, 1.54) is 23.8 Å². The molecule has 4 rings (SSSR count). The number of fused-ring (bicyclic) bond motifs is 1. The van der Waals surface area contributed by atoms with E-state index in [-0.39, 0.29) is 0 Å². The number of pyridine rings is 1. The van der Waals surface area contributed by atoms with Crippen molar-refractivity contribution >= 4 is 23.0 Å². The Balaban J connectivity index is 1.65. The quantitative estimate of drug-likeness (QED) is 0.782.